The fraction of sp³-hybridized carbons (Fsp3) is 0.364. The number of nitrogens with zero attached hydrogens (tertiary/aromatic N) is 2. The maximum Gasteiger partial charge on any atom is 0.257 e. The van der Waals surface area contributed by atoms with Crippen LogP contribution in [0.1, 0.15) is 36.2 Å². The van der Waals surface area contributed by atoms with Crippen molar-refractivity contribution >= 4 is 28.8 Å². The molecule has 3 aromatic rings. The van der Waals surface area contributed by atoms with Crippen molar-refractivity contribution in [3.8, 4) is 0 Å². The zero-order valence-corrected chi connectivity index (χ0v) is 16.5. The number of hydrogen-bond acceptors (Lipinski definition) is 4. The van der Waals surface area contributed by atoms with Gasteiger partial charge < -0.3 is 9.32 Å². The highest BCUT2D eigenvalue weighted by Gasteiger charge is 2.27. The summed E-state index contributed by atoms with van der Waals surface area (Å²) < 4.78 is 5.79. The third kappa shape index (κ3) is 4.03. The van der Waals surface area contributed by atoms with Gasteiger partial charge in [0.05, 0.1) is 0 Å². The minimum atomic E-state index is 0.141. The minimum absolute atomic E-state index is 0.141. The lowest BCUT2D eigenvalue weighted by molar-refractivity contribution is 0.0622. The van der Waals surface area contributed by atoms with Crippen LogP contribution in [0, 0.1) is 11.8 Å². The lowest BCUT2D eigenvalue weighted by atomic mass is 9.91. The molecule has 140 valence electrons. The van der Waals surface area contributed by atoms with Gasteiger partial charge >= 0.3 is 0 Å². The molecule has 0 N–H and O–H groups in total. The van der Waals surface area contributed by atoms with Gasteiger partial charge in [0.2, 0.25) is 0 Å². The lowest BCUT2D eigenvalue weighted by Crippen LogP contribution is -2.42. The summed E-state index contributed by atoms with van der Waals surface area (Å²) in [4.78, 5) is 19.7. The highest BCUT2D eigenvalue weighted by atomic mass is 32.2. The summed E-state index contributed by atoms with van der Waals surface area (Å²) in [6.07, 6.45) is 1.19. The Morgan fingerprint density at radius 3 is 2.59 bits per heavy atom. The van der Waals surface area contributed by atoms with Gasteiger partial charge in [-0.05, 0) is 42.0 Å². The van der Waals surface area contributed by atoms with E-state index in [0.717, 1.165) is 35.3 Å². The molecule has 27 heavy (non-hydrogen) atoms. The second kappa shape index (κ2) is 7.77. The molecule has 0 saturated carbocycles. The molecule has 2 heterocycles. The molecule has 0 unspecified atom stereocenters. The van der Waals surface area contributed by atoms with Crippen molar-refractivity contribution < 1.29 is 9.21 Å². The number of fused-ring (bicyclic) bond motifs is 1. The van der Waals surface area contributed by atoms with E-state index in [1.165, 1.54) is 18.2 Å². The second-order valence-electron chi connectivity index (χ2n) is 7.55. The molecule has 1 aliphatic rings. The highest BCUT2D eigenvalue weighted by Crippen LogP contribution is 2.29. The molecule has 0 aliphatic carbocycles. The average Bonchev–Trinajstić information content (AvgIpc) is 3.08. The number of oxazole rings is 1. The molecule has 1 aromatic heterocycles. The Balaban J connectivity index is 1.51. The number of carbonyl (C=O) groups excluding carboxylic acids is 1. The average molecular weight is 381 g/mol. The molecule has 2 atom stereocenters. The molecule has 1 amide bonds. The number of benzene rings is 2. The molecule has 0 spiro atoms. The van der Waals surface area contributed by atoms with Crippen LogP contribution in [0.2, 0.25) is 0 Å². The van der Waals surface area contributed by atoms with E-state index in [2.05, 4.69) is 18.8 Å². The number of aromatic nitrogens is 1. The zero-order valence-electron chi connectivity index (χ0n) is 15.7. The summed E-state index contributed by atoms with van der Waals surface area (Å²) in [5, 5.41) is 0.638. The van der Waals surface area contributed by atoms with Crippen molar-refractivity contribution in [3.05, 3.63) is 59.7 Å². The summed E-state index contributed by atoms with van der Waals surface area (Å²) in [6, 6.07) is 15.7. The van der Waals surface area contributed by atoms with Crippen LogP contribution in [0.15, 0.2) is 58.2 Å². The number of thioether (sulfide) groups is 1. The number of para-hydroxylation sites is 2. The Bertz CT molecular complexity index is 909. The van der Waals surface area contributed by atoms with E-state index in [9.17, 15) is 4.79 Å². The topological polar surface area (TPSA) is 46.3 Å². The zero-order chi connectivity index (χ0) is 18.8. The van der Waals surface area contributed by atoms with Gasteiger partial charge in [-0.25, -0.2) is 4.98 Å². The van der Waals surface area contributed by atoms with Gasteiger partial charge in [0.25, 0.3) is 11.1 Å². The van der Waals surface area contributed by atoms with Crippen molar-refractivity contribution in [1.82, 2.24) is 9.88 Å². The van der Waals surface area contributed by atoms with Gasteiger partial charge in [-0.3, -0.25) is 4.79 Å². The quantitative estimate of drug-likeness (QED) is 0.581. The van der Waals surface area contributed by atoms with Crippen molar-refractivity contribution in [2.24, 2.45) is 11.8 Å². The van der Waals surface area contributed by atoms with Crippen molar-refractivity contribution in [3.63, 3.8) is 0 Å². The molecular formula is C22H24N2O2S. The van der Waals surface area contributed by atoms with Crippen LogP contribution < -0.4 is 0 Å². The first kappa shape index (κ1) is 18.1. The van der Waals surface area contributed by atoms with Gasteiger partial charge in [-0.2, -0.15) is 0 Å². The largest absolute Gasteiger partial charge is 0.431 e. The second-order valence-corrected chi connectivity index (χ2v) is 8.48. The van der Waals surface area contributed by atoms with Crippen molar-refractivity contribution in [2.75, 3.05) is 13.1 Å². The number of hydrogen-bond donors (Lipinski definition) is 0. The third-order valence-corrected chi connectivity index (χ3v) is 5.91. The number of amides is 1. The first-order chi connectivity index (χ1) is 13.1. The summed E-state index contributed by atoms with van der Waals surface area (Å²) in [7, 11) is 0. The van der Waals surface area contributed by atoms with Crippen LogP contribution in [0.4, 0.5) is 0 Å². The lowest BCUT2D eigenvalue weighted by Gasteiger charge is -2.35. The summed E-state index contributed by atoms with van der Waals surface area (Å²) in [5.41, 5.74) is 3.48. The predicted molar refractivity (Wildman–Crippen MR) is 109 cm³/mol. The maximum absolute atomic E-state index is 13.1. The molecule has 1 fully saturated rings. The Hall–Kier alpha value is -2.27. The first-order valence-corrected chi connectivity index (χ1v) is 10.4. The fourth-order valence-electron chi connectivity index (χ4n) is 3.91. The predicted octanol–water partition coefficient (Wildman–Crippen LogP) is 5.24. The molecular weight excluding hydrogens is 356 g/mol. The van der Waals surface area contributed by atoms with E-state index in [-0.39, 0.29) is 5.91 Å². The Labute approximate surface area is 164 Å². The number of rotatable bonds is 4. The van der Waals surface area contributed by atoms with E-state index in [4.69, 9.17) is 4.42 Å². The third-order valence-electron chi connectivity index (χ3n) is 5.03. The van der Waals surface area contributed by atoms with Crippen molar-refractivity contribution in [2.45, 2.75) is 31.2 Å². The molecule has 4 rings (SSSR count). The molecule has 0 radical (unpaired) electrons. The van der Waals surface area contributed by atoms with Crippen LogP contribution in [0.5, 0.6) is 0 Å². The summed E-state index contributed by atoms with van der Waals surface area (Å²) in [5.74, 6) is 1.91. The van der Waals surface area contributed by atoms with Gasteiger partial charge in [-0.1, -0.05) is 55.9 Å². The maximum atomic E-state index is 13.1. The summed E-state index contributed by atoms with van der Waals surface area (Å²) >= 11 is 1.53. The number of carbonyl (C=O) groups is 1. The van der Waals surface area contributed by atoms with Gasteiger partial charge in [0.1, 0.15) is 5.52 Å². The molecule has 1 saturated heterocycles. The van der Waals surface area contributed by atoms with Crippen LogP contribution in [-0.2, 0) is 5.75 Å². The Morgan fingerprint density at radius 2 is 1.81 bits per heavy atom. The molecule has 2 aromatic carbocycles. The van der Waals surface area contributed by atoms with Gasteiger partial charge in [-0.15, -0.1) is 0 Å². The van der Waals surface area contributed by atoms with Crippen LogP contribution in [-0.4, -0.2) is 28.9 Å². The van der Waals surface area contributed by atoms with Crippen molar-refractivity contribution in [1.29, 1.82) is 0 Å². The van der Waals surface area contributed by atoms with E-state index in [1.807, 2.05) is 53.4 Å². The smallest absolute Gasteiger partial charge is 0.257 e. The summed E-state index contributed by atoms with van der Waals surface area (Å²) in [6.45, 7) is 6.14. The molecule has 0 bridgehead atoms. The molecule has 1 aliphatic heterocycles. The Kier molecular flexibility index (Phi) is 5.21. The van der Waals surface area contributed by atoms with Crippen LogP contribution in [0.3, 0.4) is 0 Å². The monoisotopic (exact) mass is 380 g/mol. The Morgan fingerprint density at radius 1 is 1.11 bits per heavy atom. The normalized spacial score (nSPS) is 20.1. The first-order valence-electron chi connectivity index (χ1n) is 9.45. The number of piperidine rings is 1. The van der Waals surface area contributed by atoms with Crippen LogP contribution >= 0.6 is 11.8 Å². The van der Waals surface area contributed by atoms with Crippen LogP contribution in [0.25, 0.3) is 11.1 Å². The van der Waals surface area contributed by atoms with E-state index in [1.54, 1.807) is 0 Å². The van der Waals surface area contributed by atoms with Gasteiger partial charge in [0.15, 0.2) is 5.58 Å². The molecule has 5 heteroatoms. The fourth-order valence-corrected chi connectivity index (χ4v) is 4.75. The molecule has 4 nitrogen and oxygen atoms in total. The number of likely N-dealkylation sites (tertiary alicyclic amines) is 1. The SMILES string of the molecule is C[C@@H]1C[C@H](C)CN(C(=O)c2ccccc2CSc2nc3ccccc3o2)C1. The van der Waals surface area contributed by atoms with E-state index in [0.29, 0.717) is 22.8 Å². The van der Waals surface area contributed by atoms with Gasteiger partial charge in [0, 0.05) is 24.4 Å². The van der Waals surface area contributed by atoms with E-state index >= 15 is 0 Å². The highest BCUT2D eigenvalue weighted by molar-refractivity contribution is 7.98. The van der Waals surface area contributed by atoms with E-state index < -0.39 is 0 Å². The minimum Gasteiger partial charge on any atom is -0.431 e. The standard InChI is InChI=1S/C22H24N2O2S/c1-15-11-16(2)13-24(12-15)21(25)18-8-4-3-7-17(18)14-27-22-23-19-9-5-6-10-20(19)26-22/h3-10,15-16H,11-14H2,1-2H3/t15-,16+.